The second-order valence-corrected chi connectivity index (χ2v) is 4.56. The Kier molecular flexibility index (Phi) is 10.4. The molecule has 0 radical (unpaired) electrons. The maximum atomic E-state index is 11.3. The van der Waals surface area contributed by atoms with Crippen molar-refractivity contribution >= 4 is 11.9 Å². The van der Waals surface area contributed by atoms with Gasteiger partial charge in [0.1, 0.15) is 0 Å². The lowest BCUT2D eigenvalue weighted by molar-refractivity contribution is -0.140. The molecular formula is C16H26O4. The zero-order valence-electron chi connectivity index (χ0n) is 13.0. The fourth-order valence-electron chi connectivity index (χ4n) is 1.99. The summed E-state index contributed by atoms with van der Waals surface area (Å²) in [5.41, 5.74) is 2.35. The zero-order valence-corrected chi connectivity index (χ0v) is 13.0. The van der Waals surface area contributed by atoms with Crippen LogP contribution in [0.25, 0.3) is 0 Å². The SMILES string of the molecule is CCCC(/C=C/C(=O)OC)=C(/CCC)CCC(=O)OC. The summed E-state index contributed by atoms with van der Waals surface area (Å²) in [6, 6.07) is 0. The van der Waals surface area contributed by atoms with E-state index in [1.165, 1.54) is 25.9 Å². The van der Waals surface area contributed by atoms with Crippen molar-refractivity contribution in [2.75, 3.05) is 14.2 Å². The van der Waals surface area contributed by atoms with Gasteiger partial charge in [-0.1, -0.05) is 38.3 Å². The first-order valence-corrected chi connectivity index (χ1v) is 7.12. The van der Waals surface area contributed by atoms with Crippen LogP contribution in [-0.4, -0.2) is 26.2 Å². The van der Waals surface area contributed by atoms with Crippen molar-refractivity contribution in [2.24, 2.45) is 0 Å². The molecule has 0 heterocycles. The lowest BCUT2D eigenvalue weighted by Crippen LogP contribution is -2.02. The molecule has 0 aliphatic heterocycles. The second-order valence-electron chi connectivity index (χ2n) is 4.56. The van der Waals surface area contributed by atoms with E-state index in [0.29, 0.717) is 12.8 Å². The second kappa shape index (κ2) is 11.3. The van der Waals surface area contributed by atoms with E-state index in [0.717, 1.165) is 31.3 Å². The maximum absolute atomic E-state index is 11.3. The fraction of sp³-hybridized carbons (Fsp3) is 0.625. The van der Waals surface area contributed by atoms with Gasteiger partial charge in [0.2, 0.25) is 0 Å². The van der Waals surface area contributed by atoms with Gasteiger partial charge in [0.05, 0.1) is 14.2 Å². The Morgan fingerprint density at radius 2 is 1.50 bits per heavy atom. The fourth-order valence-corrected chi connectivity index (χ4v) is 1.99. The van der Waals surface area contributed by atoms with Crippen LogP contribution in [0.3, 0.4) is 0 Å². The molecule has 0 unspecified atom stereocenters. The molecule has 0 saturated carbocycles. The number of rotatable bonds is 9. The van der Waals surface area contributed by atoms with Gasteiger partial charge in [0.25, 0.3) is 0 Å². The van der Waals surface area contributed by atoms with Crippen molar-refractivity contribution < 1.29 is 19.1 Å². The summed E-state index contributed by atoms with van der Waals surface area (Å²) in [4.78, 5) is 22.5. The average molecular weight is 282 g/mol. The van der Waals surface area contributed by atoms with E-state index < -0.39 is 0 Å². The van der Waals surface area contributed by atoms with Crippen molar-refractivity contribution in [1.82, 2.24) is 0 Å². The molecule has 0 saturated heterocycles. The van der Waals surface area contributed by atoms with E-state index in [-0.39, 0.29) is 11.9 Å². The summed E-state index contributed by atoms with van der Waals surface area (Å²) >= 11 is 0. The number of allylic oxidation sites excluding steroid dienone is 3. The molecule has 0 atom stereocenters. The van der Waals surface area contributed by atoms with Gasteiger partial charge in [0, 0.05) is 12.5 Å². The third kappa shape index (κ3) is 7.77. The molecular weight excluding hydrogens is 256 g/mol. The van der Waals surface area contributed by atoms with Crippen LogP contribution >= 0.6 is 0 Å². The minimum absolute atomic E-state index is 0.202. The van der Waals surface area contributed by atoms with E-state index in [2.05, 4.69) is 23.3 Å². The predicted molar refractivity (Wildman–Crippen MR) is 79.2 cm³/mol. The molecule has 4 heteroatoms. The smallest absolute Gasteiger partial charge is 0.330 e. The number of carbonyl (C=O) groups excluding carboxylic acids is 2. The lowest BCUT2D eigenvalue weighted by atomic mass is 9.95. The van der Waals surface area contributed by atoms with Crippen molar-refractivity contribution in [3.63, 3.8) is 0 Å². The average Bonchev–Trinajstić information content (AvgIpc) is 2.47. The summed E-state index contributed by atoms with van der Waals surface area (Å²) in [5, 5.41) is 0. The van der Waals surface area contributed by atoms with Gasteiger partial charge in [-0.25, -0.2) is 4.79 Å². The first-order chi connectivity index (χ1) is 9.58. The summed E-state index contributed by atoms with van der Waals surface area (Å²) in [6.45, 7) is 4.20. The van der Waals surface area contributed by atoms with Crippen LogP contribution in [0.4, 0.5) is 0 Å². The topological polar surface area (TPSA) is 52.6 Å². The minimum atomic E-state index is -0.359. The van der Waals surface area contributed by atoms with Gasteiger partial charge in [-0.3, -0.25) is 4.79 Å². The highest BCUT2D eigenvalue weighted by molar-refractivity contribution is 5.82. The van der Waals surface area contributed by atoms with Crippen LogP contribution in [0.15, 0.2) is 23.3 Å². The van der Waals surface area contributed by atoms with E-state index in [1.54, 1.807) is 0 Å². The van der Waals surface area contributed by atoms with E-state index in [4.69, 9.17) is 0 Å². The molecule has 114 valence electrons. The molecule has 0 aliphatic rings. The third-order valence-electron chi connectivity index (χ3n) is 3.01. The number of ether oxygens (including phenoxy) is 2. The summed E-state index contributed by atoms with van der Waals surface area (Å²) in [7, 11) is 2.76. The highest BCUT2D eigenvalue weighted by atomic mass is 16.5. The molecule has 20 heavy (non-hydrogen) atoms. The van der Waals surface area contributed by atoms with Crippen LogP contribution in [0.2, 0.25) is 0 Å². The molecule has 0 aromatic rings. The molecule has 0 aliphatic carbocycles. The maximum Gasteiger partial charge on any atom is 0.330 e. The Balaban J connectivity index is 5.04. The zero-order chi connectivity index (χ0) is 15.4. The highest BCUT2D eigenvalue weighted by Crippen LogP contribution is 2.22. The Morgan fingerprint density at radius 3 is 2.00 bits per heavy atom. The van der Waals surface area contributed by atoms with E-state index in [1.807, 2.05) is 6.08 Å². The monoisotopic (exact) mass is 282 g/mol. The van der Waals surface area contributed by atoms with Gasteiger partial charge in [-0.15, -0.1) is 0 Å². The van der Waals surface area contributed by atoms with Crippen molar-refractivity contribution in [3.8, 4) is 0 Å². The molecule has 0 aromatic heterocycles. The van der Waals surface area contributed by atoms with Crippen LogP contribution in [0.1, 0.15) is 52.4 Å². The van der Waals surface area contributed by atoms with Crippen molar-refractivity contribution in [3.05, 3.63) is 23.3 Å². The number of carbonyl (C=O) groups is 2. The van der Waals surface area contributed by atoms with Crippen LogP contribution < -0.4 is 0 Å². The number of methoxy groups -OCH3 is 2. The Morgan fingerprint density at radius 1 is 0.850 bits per heavy atom. The van der Waals surface area contributed by atoms with Gasteiger partial charge in [-0.2, -0.15) is 0 Å². The largest absolute Gasteiger partial charge is 0.469 e. The van der Waals surface area contributed by atoms with Crippen LogP contribution in [0, 0.1) is 0 Å². The first kappa shape index (κ1) is 18.4. The molecule has 0 fully saturated rings. The summed E-state index contributed by atoms with van der Waals surface area (Å²) in [6.07, 6.45) is 8.15. The Hall–Kier alpha value is -1.58. The van der Waals surface area contributed by atoms with Crippen LogP contribution in [0.5, 0.6) is 0 Å². The summed E-state index contributed by atoms with van der Waals surface area (Å²) in [5.74, 6) is -0.561. The Labute approximate surface area is 121 Å². The number of hydrogen-bond donors (Lipinski definition) is 0. The normalized spacial score (nSPS) is 12.2. The van der Waals surface area contributed by atoms with Crippen molar-refractivity contribution in [1.29, 1.82) is 0 Å². The van der Waals surface area contributed by atoms with Gasteiger partial charge in [-0.05, 0) is 24.8 Å². The third-order valence-corrected chi connectivity index (χ3v) is 3.01. The van der Waals surface area contributed by atoms with Gasteiger partial charge < -0.3 is 9.47 Å². The van der Waals surface area contributed by atoms with E-state index in [9.17, 15) is 9.59 Å². The molecule has 0 aromatic carbocycles. The number of esters is 2. The van der Waals surface area contributed by atoms with Crippen molar-refractivity contribution in [2.45, 2.75) is 52.4 Å². The molecule has 0 N–H and O–H groups in total. The molecule has 4 nitrogen and oxygen atoms in total. The van der Waals surface area contributed by atoms with Gasteiger partial charge in [0.15, 0.2) is 0 Å². The highest BCUT2D eigenvalue weighted by Gasteiger charge is 2.08. The first-order valence-electron chi connectivity index (χ1n) is 7.12. The lowest BCUT2D eigenvalue weighted by Gasteiger charge is -2.11. The van der Waals surface area contributed by atoms with Gasteiger partial charge >= 0.3 is 11.9 Å². The quantitative estimate of drug-likeness (QED) is 0.368. The minimum Gasteiger partial charge on any atom is -0.469 e. The molecule has 0 rings (SSSR count). The standard InChI is InChI=1S/C16H26O4/c1-5-7-13(9-11-15(17)19-3)14(8-6-2)10-12-16(18)20-4/h9,11H,5-8,10,12H2,1-4H3/b11-9+,14-13+. The molecule has 0 bridgehead atoms. The molecule has 0 amide bonds. The number of hydrogen-bond acceptors (Lipinski definition) is 4. The predicted octanol–water partition coefficient (Wildman–Crippen LogP) is 3.57. The van der Waals surface area contributed by atoms with Crippen LogP contribution in [-0.2, 0) is 19.1 Å². The summed E-state index contributed by atoms with van der Waals surface area (Å²) < 4.78 is 9.29. The molecule has 0 spiro atoms. The van der Waals surface area contributed by atoms with E-state index >= 15 is 0 Å². The Bertz CT molecular complexity index is 367.